The summed E-state index contributed by atoms with van der Waals surface area (Å²) in [6.07, 6.45) is 1.59. The van der Waals surface area contributed by atoms with Gasteiger partial charge in [-0.1, -0.05) is 61.5 Å². The highest BCUT2D eigenvalue weighted by Gasteiger charge is 2.19. The van der Waals surface area contributed by atoms with Gasteiger partial charge in [0.15, 0.2) is 0 Å². The molecular weight excluding hydrogens is 326 g/mol. The minimum absolute atomic E-state index is 0.0649. The van der Waals surface area contributed by atoms with Crippen LogP contribution in [-0.4, -0.2) is 17.6 Å². The van der Waals surface area contributed by atoms with E-state index in [4.69, 9.17) is 4.42 Å². The van der Waals surface area contributed by atoms with Gasteiger partial charge in [-0.05, 0) is 29.7 Å². The Morgan fingerprint density at radius 2 is 1.73 bits per heavy atom. The third kappa shape index (κ3) is 4.21. The van der Waals surface area contributed by atoms with E-state index in [0.29, 0.717) is 6.42 Å². The third-order valence-electron chi connectivity index (χ3n) is 4.50. The summed E-state index contributed by atoms with van der Waals surface area (Å²) in [4.78, 5) is 12.5. The molecule has 4 nitrogen and oxygen atoms in total. The van der Waals surface area contributed by atoms with E-state index in [1.807, 2.05) is 73.7 Å². The zero-order chi connectivity index (χ0) is 18.4. The SMILES string of the molecule is CCC(C(=O)NCC(O)c1ccc(-c2ccco2)cc1)c1ccccc1. The van der Waals surface area contributed by atoms with Crippen molar-refractivity contribution in [2.75, 3.05) is 6.54 Å². The van der Waals surface area contributed by atoms with E-state index in [9.17, 15) is 9.90 Å². The molecule has 134 valence electrons. The maximum atomic E-state index is 12.5. The molecule has 0 aliphatic heterocycles. The molecule has 0 aliphatic carbocycles. The molecule has 0 saturated heterocycles. The average Bonchev–Trinajstić information content (AvgIpc) is 3.22. The van der Waals surface area contributed by atoms with E-state index in [1.54, 1.807) is 6.26 Å². The number of furan rings is 1. The lowest BCUT2D eigenvalue weighted by molar-refractivity contribution is -0.123. The number of hydrogen-bond donors (Lipinski definition) is 2. The molecule has 2 N–H and O–H groups in total. The summed E-state index contributed by atoms with van der Waals surface area (Å²) in [7, 11) is 0. The number of amides is 1. The van der Waals surface area contributed by atoms with E-state index < -0.39 is 6.10 Å². The number of rotatable bonds is 7. The number of carbonyl (C=O) groups is 1. The molecule has 0 radical (unpaired) electrons. The van der Waals surface area contributed by atoms with Gasteiger partial charge in [-0.3, -0.25) is 4.79 Å². The van der Waals surface area contributed by atoms with Gasteiger partial charge in [0.05, 0.1) is 18.3 Å². The van der Waals surface area contributed by atoms with Crippen molar-refractivity contribution in [1.82, 2.24) is 5.32 Å². The van der Waals surface area contributed by atoms with E-state index in [1.165, 1.54) is 0 Å². The normalized spacial score (nSPS) is 13.2. The van der Waals surface area contributed by atoms with Crippen molar-refractivity contribution in [2.24, 2.45) is 0 Å². The van der Waals surface area contributed by atoms with E-state index >= 15 is 0 Å². The first-order valence-corrected chi connectivity index (χ1v) is 8.83. The Morgan fingerprint density at radius 3 is 2.35 bits per heavy atom. The number of aliphatic hydroxyl groups excluding tert-OH is 1. The molecule has 1 amide bonds. The van der Waals surface area contributed by atoms with Crippen molar-refractivity contribution in [3.05, 3.63) is 84.1 Å². The Labute approximate surface area is 153 Å². The second-order valence-corrected chi connectivity index (χ2v) is 6.23. The summed E-state index contributed by atoms with van der Waals surface area (Å²) in [5, 5.41) is 13.2. The topological polar surface area (TPSA) is 62.5 Å². The van der Waals surface area contributed by atoms with Crippen LogP contribution in [0, 0.1) is 0 Å². The first kappa shape index (κ1) is 18.0. The lowest BCUT2D eigenvalue weighted by Crippen LogP contribution is -2.32. The van der Waals surface area contributed by atoms with Crippen LogP contribution in [0.5, 0.6) is 0 Å². The molecule has 3 rings (SSSR count). The average molecular weight is 349 g/mol. The van der Waals surface area contributed by atoms with Gasteiger partial charge in [0.1, 0.15) is 5.76 Å². The second-order valence-electron chi connectivity index (χ2n) is 6.23. The van der Waals surface area contributed by atoms with Gasteiger partial charge in [-0.2, -0.15) is 0 Å². The van der Waals surface area contributed by atoms with Crippen LogP contribution in [0.1, 0.15) is 36.5 Å². The van der Waals surface area contributed by atoms with Gasteiger partial charge in [-0.25, -0.2) is 0 Å². The third-order valence-corrected chi connectivity index (χ3v) is 4.50. The van der Waals surface area contributed by atoms with Crippen LogP contribution in [0.25, 0.3) is 11.3 Å². The summed E-state index contributed by atoms with van der Waals surface area (Å²) in [5.41, 5.74) is 2.70. The Morgan fingerprint density at radius 1 is 1.00 bits per heavy atom. The molecule has 0 fully saturated rings. The zero-order valence-corrected chi connectivity index (χ0v) is 14.8. The summed E-state index contributed by atoms with van der Waals surface area (Å²) in [6, 6.07) is 20.9. The van der Waals surface area contributed by atoms with Crippen molar-refractivity contribution < 1.29 is 14.3 Å². The summed E-state index contributed by atoms with van der Waals surface area (Å²) >= 11 is 0. The quantitative estimate of drug-likeness (QED) is 0.669. The van der Waals surface area contributed by atoms with Crippen LogP contribution in [0.3, 0.4) is 0 Å². The monoisotopic (exact) mass is 349 g/mol. The van der Waals surface area contributed by atoms with Crippen LogP contribution in [0.2, 0.25) is 0 Å². The van der Waals surface area contributed by atoms with Gasteiger partial charge in [-0.15, -0.1) is 0 Å². The minimum Gasteiger partial charge on any atom is -0.464 e. The Balaban J connectivity index is 1.59. The van der Waals surface area contributed by atoms with Crippen molar-refractivity contribution in [3.8, 4) is 11.3 Å². The Bertz CT molecular complexity index is 810. The van der Waals surface area contributed by atoms with Gasteiger partial charge in [0.25, 0.3) is 0 Å². The fourth-order valence-corrected chi connectivity index (χ4v) is 3.01. The highest BCUT2D eigenvalue weighted by atomic mass is 16.3. The van der Waals surface area contributed by atoms with Gasteiger partial charge in [0, 0.05) is 12.1 Å². The molecule has 1 heterocycles. The van der Waals surface area contributed by atoms with Gasteiger partial charge >= 0.3 is 0 Å². The predicted molar refractivity (Wildman–Crippen MR) is 102 cm³/mol. The van der Waals surface area contributed by atoms with Crippen molar-refractivity contribution in [1.29, 1.82) is 0 Å². The van der Waals surface area contributed by atoms with Crippen molar-refractivity contribution >= 4 is 5.91 Å². The van der Waals surface area contributed by atoms with E-state index in [-0.39, 0.29) is 18.4 Å². The summed E-state index contributed by atoms with van der Waals surface area (Å²) in [6.45, 7) is 2.17. The minimum atomic E-state index is -0.752. The molecule has 2 aromatic carbocycles. The number of benzene rings is 2. The molecule has 4 heteroatoms. The molecule has 2 atom stereocenters. The molecule has 2 unspecified atom stereocenters. The fourth-order valence-electron chi connectivity index (χ4n) is 3.01. The first-order chi connectivity index (χ1) is 12.7. The van der Waals surface area contributed by atoms with Crippen LogP contribution >= 0.6 is 0 Å². The second kappa shape index (κ2) is 8.50. The van der Waals surface area contributed by atoms with E-state index in [2.05, 4.69) is 5.32 Å². The number of aliphatic hydroxyl groups is 1. The van der Waals surface area contributed by atoms with Crippen molar-refractivity contribution in [2.45, 2.75) is 25.4 Å². The fraction of sp³-hybridized carbons (Fsp3) is 0.227. The lowest BCUT2D eigenvalue weighted by atomic mass is 9.95. The van der Waals surface area contributed by atoms with Crippen LogP contribution in [0.4, 0.5) is 0 Å². The molecule has 0 saturated carbocycles. The summed E-state index contributed by atoms with van der Waals surface area (Å²) in [5.74, 6) is 0.516. The molecule has 1 aromatic heterocycles. The molecule has 26 heavy (non-hydrogen) atoms. The lowest BCUT2D eigenvalue weighted by Gasteiger charge is -2.18. The van der Waals surface area contributed by atoms with Crippen LogP contribution < -0.4 is 5.32 Å². The maximum absolute atomic E-state index is 12.5. The maximum Gasteiger partial charge on any atom is 0.227 e. The Hall–Kier alpha value is -2.85. The van der Waals surface area contributed by atoms with Crippen LogP contribution in [0.15, 0.2) is 77.4 Å². The first-order valence-electron chi connectivity index (χ1n) is 8.83. The molecule has 0 aliphatic rings. The number of hydrogen-bond acceptors (Lipinski definition) is 3. The zero-order valence-electron chi connectivity index (χ0n) is 14.8. The van der Waals surface area contributed by atoms with E-state index in [0.717, 1.165) is 22.5 Å². The molecule has 0 spiro atoms. The standard InChI is InChI=1S/C22H23NO3/c1-2-19(16-7-4-3-5-8-16)22(25)23-15-20(24)17-10-12-18(13-11-17)21-9-6-14-26-21/h3-14,19-20,24H,2,15H2,1H3,(H,23,25). The highest BCUT2D eigenvalue weighted by Crippen LogP contribution is 2.23. The number of carbonyl (C=O) groups excluding carboxylic acids is 1. The molecule has 0 bridgehead atoms. The highest BCUT2D eigenvalue weighted by molar-refractivity contribution is 5.83. The van der Waals surface area contributed by atoms with Gasteiger partial charge in [0.2, 0.25) is 5.91 Å². The molecule has 3 aromatic rings. The summed E-state index contributed by atoms with van der Waals surface area (Å²) < 4.78 is 5.36. The smallest absolute Gasteiger partial charge is 0.227 e. The predicted octanol–water partition coefficient (Wildman–Crippen LogP) is 4.29. The largest absolute Gasteiger partial charge is 0.464 e. The van der Waals surface area contributed by atoms with Crippen molar-refractivity contribution in [3.63, 3.8) is 0 Å². The number of nitrogens with one attached hydrogen (secondary N) is 1. The van der Waals surface area contributed by atoms with Crippen LogP contribution in [-0.2, 0) is 4.79 Å². The Kier molecular flexibility index (Phi) is 5.87. The molecular formula is C22H23NO3. The van der Waals surface area contributed by atoms with Gasteiger partial charge < -0.3 is 14.8 Å².